The van der Waals surface area contributed by atoms with Gasteiger partial charge < -0.3 is 14.0 Å². The van der Waals surface area contributed by atoms with Crippen LogP contribution in [0.25, 0.3) is 17.0 Å². The molecule has 32 heavy (non-hydrogen) atoms. The number of pyridine rings is 1. The molecule has 0 saturated carbocycles. The van der Waals surface area contributed by atoms with Crippen LogP contribution < -0.4 is 9.47 Å². The second-order valence-electron chi connectivity index (χ2n) is 8.15. The van der Waals surface area contributed by atoms with E-state index >= 15 is 0 Å². The quantitative estimate of drug-likeness (QED) is 0.453. The summed E-state index contributed by atoms with van der Waals surface area (Å²) in [5.74, 6) is 1.61. The van der Waals surface area contributed by atoms with Crippen LogP contribution in [0.15, 0.2) is 72.8 Å². The van der Waals surface area contributed by atoms with Crippen molar-refractivity contribution in [3.63, 3.8) is 0 Å². The highest BCUT2D eigenvalue weighted by molar-refractivity contribution is 6.15. The minimum Gasteiger partial charge on any atom is -0.478 e. The van der Waals surface area contributed by atoms with Gasteiger partial charge in [0.25, 0.3) is 0 Å². The van der Waals surface area contributed by atoms with Gasteiger partial charge in [0.15, 0.2) is 5.76 Å². The number of carbonyl (C=O) groups excluding carboxylic acids is 1. The van der Waals surface area contributed by atoms with Crippen molar-refractivity contribution in [1.82, 2.24) is 14.5 Å². The Morgan fingerprint density at radius 3 is 2.84 bits per heavy atom. The Labute approximate surface area is 185 Å². The number of aromatic nitrogens is 2. The first-order chi connectivity index (χ1) is 15.7. The molecule has 158 valence electrons. The van der Waals surface area contributed by atoms with Crippen LogP contribution in [-0.2, 0) is 20.1 Å². The van der Waals surface area contributed by atoms with E-state index in [0.717, 1.165) is 33.5 Å². The summed E-state index contributed by atoms with van der Waals surface area (Å²) in [4.78, 5) is 19.7. The molecule has 0 spiro atoms. The second kappa shape index (κ2) is 7.35. The van der Waals surface area contributed by atoms with Gasteiger partial charge in [-0.2, -0.15) is 0 Å². The number of carbonyl (C=O) groups is 1. The summed E-state index contributed by atoms with van der Waals surface area (Å²) in [5.41, 5.74) is 4.53. The molecular weight excluding hydrogens is 402 g/mol. The van der Waals surface area contributed by atoms with Crippen molar-refractivity contribution in [3.8, 4) is 11.5 Å². The smallest absolute Gasteiger partial charge is 0.231 e. The van der Waals surface area contributed by atoms with Crippen LogP contribution in [0, 0.1) is 0 Å². The number of hydrogen-bond donors (Lipinski definition) is 0. The number of benzene rings is 2. The first-order valence-corrected chi connectivity index (χ1v) is 10.6. The van der Waals surface area contributed by atoms with Crippen LogP contribution in [-0.4, -0.2) is 27.0 Å². The fraction of sp³-hybridized carbons (Fsp3) is 0.154. The van der Waals surface area contributed by atoms with Crippen LogP contribution in [0.5, 0.6) is 11.5 Å². The van der Waals surface area contributed by atoms with E-state index in [2.05, 4.69) is 26.6 Å². The highest BCUT2D eigenvalue weighted by Gasteiger charge is 2.33. The van der Waals surface area contributed by atoms with Crippen molar-refractivity contribution in [3.05, 3.63) is 95.1 Å². The summed E-state index contributed by atoms with van der Waals surface area (Å²) in [6.45, 7) is 1.76. The van der Waals surface area contributed by atoms with E-state index in [1.807, 2.05) is 55.7 Å². The van der Waals surface area contributed by atoms with Crippen molar-refractivity contribution < 1.29 is 14.3 Å². The SMILES string of the molecule is Cn1cc(/C=C2\Oc3c(ccc4c3CN(Cc3ccccn3)CO4)C2=O)c2ccccc21. The maximum Gasteiger partial charge on any atom is 0.231 e. The van der Waals surface area contributed by atoms with Gasteiger partial charge in [-0.3, -0.25) is 14.7 Å². The molecule has 0 fully saturated rings. The second-order valence-corrected chi connectivity index (χ2v) is 8.15. The summed E-state index contributed by atoms with van der Waals surface area (Å²) in [6, 6.07) is 17.7. The van der Waals surface area contributed by atoms with Gasteiger partial charge in [0.2, 0.25) is 5.78 Å². The zero-order chi connectivity index (χ0) is 21.7. The number of aryl methyl sites for hydroxylation is 1. The molecule has 4 aromatic rings. The number of ketones is 1. The molecule has 0 N–H and O–H groups in total. The lowest BCUT2D eigenvalue weighted by atomic mass is 10.0. The van der Waals surface area contributed by atoms with Crippen LogP contribution >= 0.6 is 0 Å². The average molecular weight is 423 g/mol. The van der Waals surface area contributed by atoms with E-state index in [1.165, 1.54) is 0 Å². The van der Waals surface area contributed by atoms with Crippen molar-refractivity contribution >= 4 is 22.8 Å². The number of ether oxygens (including phenoxy) is 2. The molecule has 0 bridgehead atoms. The molecule has 2 aliphatic heterocycles. The minimum absolute atomic E-state index is 0.0995. The van der Waals surface area contributed by atoms with Crippen molar-refractivity contribution in [1.29, 1.82) is 0 Å². The Morgan fingerprint density at radius 1 is 1.09 bits per heavy atom. The van der Waals surface area contributed by atoms with Gasteiger partial charge in [-0.1, -0.05) is 24.3 Å². The minimum atomic E-state index is -0.0995. The molecule has 6 heteroatoms. The zero-order valence-corrected chi connectivity index (χ0v) is 17.6. The molecule has 0 radical (unpaired) electrons. The third-order valence-corrected chi connectivity index (χ3v) is 6.01. The summed E-state index contributed by atoms with van der Waals surface area (Å²) in [6.07, 6.45) is 5.65. The topological polar surface area (TPSA) is 56.6 Å². The third kappa shape index (κ3) is 3.08. The highest BCUT2D eigenvalue weighted by Crippen LogP contribution is 2.42. The summed E-state index contributed by atoms with van der Waals surface area (Å²) in [5, 5.41) is 1.08. The van der Waals surface area contributed by atoms with Gasteiger partial charge in [0, 0.05) is 49.0 Å². The van der Waals surface area contributed by atoms with Crippen LogP contribution in [0.2, 0.25) is 0 Å². The number of nitrogens with zero attached hydrogens (tertiary/aromatic N) is 3. The van der Waals surface area contributed by atoms with Gasteiger partial charge >= 0.3 is 0 Å². The monoisotopic (exact) mass is 423 g/mol. The van der Waals surface area contributed by atoms with Gasteiger partial charge in [-0.25, -0.2) is 0 Å². The number of hydrogen-bond acceptors (Lipinski definition) is 5. The van der Waals surface area contributed by atoms with Crippen LogP contribution in [0.4, 0.5) is 0 Å². The normalized spacial score (nSPS) is 16.7. The van der Waals surface area contributed by atoms with E-state index in [9.17, 15) is 4.79 Å². The maximum absolute atomic E-state index is 13.1. The Kier molecular flexibility index (Phi) is 4.33. The lowest BCUT2D eigenvalue weighted by molar-refractivity contribution is 0.0861. The standard InChI is InChI=1S/C26H21N3O3/c1-28-13-17(19-7-2-3-8-22(19)28)12-24-25(30)20-9-10-23-21(26(20)32-24)15-29(16-31-23)14-18-6-4-5-11-27-18/h2-13H,14-16H2,1H3/b24-12-. The van der Waals surface area contributed by atoms with Gasteiger partial charge in [-0.15, -0.1) is 0 Å². The molecule has 0 atom stereocenters. The van der Waals surface area contributed by atoms with E-state index in [-0.39, 0.29) is 5.78 Å². The number of para-hydroxylation sites is 1. The third-order valence-electron chi connectivity index (χ3n) is 6.01. The van der Waals surface area contributed by atoms with E-state index < -0.39 is 0 Å². The molecule has 0 unspecified atom stereocenters. The molecule has 2 aliphatic rings. The van der Waals surface area contributed by atoms with Crippen LogP contribution in [0.3, 0.4) is 0 Å². The molecule has 0 amide bonds. The van der Waals surface area contributed by atoms with E-state index in [0.29, 0.717) is 36.9 Å². The lowest BCUT2D eigenvalue weighted by Gasteiger charge is -2.29. The Balaban J connectivity index is 1.33. The van der Waals surface area contributed by atoms with Crippen molar-refractivity contribution in [2.75, 3.05) is 6.73 Å². The summed E-state index contributed by atoms with van der Waals surface area (Å²) in [7, 11) is 2.00. The molecule has 4 heterocycles. The Hall–Kier alpha value is -3.90. The number of rotatable bonds is 3. The molecule has 0 saturated heterocycles. The number of fused-ring (bicyclic) bond motifs is 4. The Morgan fingerprint density at radius 2 is 1.97 bits per heavy atom. The van der Waals surface area contributed by atoms with Crippen molar-refractivity contribution in [2.24, 2.45) is 7.05 Å². The zero-order valence-electron chi connectivity index (χ0n) is 17.6. The first kappa shape index (κ1) is 18.8. The maximum atomic E-state index is 13.1. The van der Waals surface area contributed by atoms with Crippen molar-refractivity contribution in [2.45, 2.75) is 13.1 Å². The van der Waals surface area contributed by atoms with Gasteiger partial charge in [0.1, 0.15) is 18.2 Å². The fourth-order valence-corrected chi connectivity index (χ4v) is 4.46. The predicted molar refractivity (Wildman–Crippen MR) is 121 cm³/mol. The largest absolute Gasteiger partial charge is 0.478 e. The van der Waals surface area contributed by atoms with E-state index in [1.54, 1.807) is 12.3 Å². The average Bonchev–Trinajstić information content (AvgIpc) is 3.32. The van der Waals surface area contributed by atoms with Gasteiger partial charge in [0.05, 0.1) is 16.8 Å². The predicted octanol–water partition coefficient (Wildman–Crippen LogP) is 4.54. The molecule has 2 aromatic carbocycles. The molecule has 0 aliphatic carbocycles. The van der Waals surface area contributed by atoms with E-state index in [4.69, 9.17) is 9.47 Å². The summed E-state index contributed by atoms with van der Waals surface area (Å²) >= 11 is 0. The number of allylic oxidation sites excluding steroid dienone is 1. The molecular formula is C26H21N3O3. The molecule has 2 aromatic heterocycles. The molecule has 6 nitrogen and oxygen atoms in total. The summed E-state index contributed by atoms with van der Waals surface area (Å²) < 4.78 is 14.2. The lowest BCUT2D eigenvalue weighted by Crippen LogP contribution is -2.32. The first-order valence-electron chi connectivity index (χ1n) is 10.6. The fourth-order valence-electron chi connectivity index (χ4n) is 4.46. The Bertz CT molecular complexity index is 1390. The number of Topliss-reactive ketones (excluding diaryl/α,β-unsaturated/α-hetero) is 1. The highest BCUT2D eigenvalue weighted by atomic mass is 16.5. The van der Waals surface area contributed by atoms with Gasteiger partial charge in [-0.05, 0) is 36.4 Å². The van der Waals surface area contributed by atoms with Crippen LogP contribution in [0.1, 0.15) is 27.2 Å². The molecule has 6 rings (SSSR count).